The van der Waals surface area contributed by atoms with Crippen molar-refractivity contribution in [3.63, 3.8) is 0 Å². The topological polar surface area (TPSA) is 115 Å². The molecule has 9 heteroatoms. The summed E-state index contributed by atoms with van der Waals surface area (Å²) in [5, 5.41) is 7.64. The summed E-state index contributed by atoms with van der Waals surface area (Å²) in [4.78, 5) is 35.9. The van der Waals surface area contributed by atoms with E-state index in [9.17, 15) is 14.4 Å². The van der Waals surface area contributed by atoms with Gasteiger partial charge in [0.2, 0.25) is 11.8 Å². The Morgan fingerprint density at radius 1 is 0.733 bits per heavy atom. The van der Waals surface area contributed by atoms with Gasteiger partial charge in [0.25, 0.3) is 5.91 Å². The Kier molecular flexibility index (Phi) is 8.49. The van der Waals surface area contributed by atoms with Crippen LogP contribution in [0.1, 0.15) is 15.9 Å². The second-order valence-electron chi connectivity index (χ2n) is 6.15. The summed E-state index contributed by atoms with van der Waals surface area (Å²) >= 11 is 0. The summed E-state index contributed by atoms with van der Waals surface area (Å²) < 4.78 is 15.3. The molecule has 30 heavy (non-hydrogen) atoms. The maximum Gasteiger partial charge on any atom is 0.251 e. The quantitative estimate of drug-likeness (QED) is 0.531. The summed E-state index contributed by atoms with van der Waals surface area (Å²) in [7, 11) is 4.54. The van der Waals surface area contributed by atoms with Gasteiger partial charge in [-0.3, -0.25) is 14.4 Å². The molecular weight excluding hydrogens is 390 g/mol. The Morgan fingerprint density at radius 2 is 1.37 bits per heavy atom. The van der Waals surface area contributed by atoms with Gasteiger partial charge in [-0.2, -0.15) is 0 Å². The van der Waals surface area contributed by atoms with E-state index < -0.39 is 11.8 Å². The fourth-order valence-electron chi connectivity index (χ4n) is 2.49. The number of rotatable bonds is 10. The van der Waals surface area contributed by atoms with Crippen LogP contribution < -0.4 is 30.2 Å². The Bertz CT molecular complexity index is 883. The van der Waals surface area contributed by atoms with Crippen molar-refractivity contribution in [2.75, 3.05) is 34.4 Å². The van der Waals surface area contributed by atoms with E-state index in [0.717, 1.165) is 11.3 Å². The Morgan fingerprint density at radius 3 is 2.00 bits per heavy atom. The van der Waals surface area contributed by atoms with Gasteiger partial charge in [-0.25, -0.2) is 0 Å². The third-order valence-electron chi connectivity index (χ3n) is 4.15. The van der Waals surface area contributed by atoms with Crippen molar-refractivity contribution >= 4 is 17.7 Å². The lowest BCUT2D eigenvalue weighted by molar-refractivity contribution is -0.125. The molecule has 3 N–H and O–H groups in total. The zero-order valence-corrected chi connectivity index (χ0v) is 17.1. The predicted molar refractivity (Wildman–Crippen MR) is 110 cm³/mol. The Balaban J connectivity index is 1.72. The van der Waals surface area contributed by atoms with Crippen LogP contribution in [0.3, 0.4) is 0 Å². The molecule has 2 rings (SSSR count). The lowest BCUT2D eigenvalue weighted by Crippen LogP contribution is -2.41. The highest BCUT2D eigenvalue weighted by Gasteiger charge is 2.12. The molecule has 0 unspecified atom stereocenters. The van der Waals surface area contributed by atoms with Gasteiger partial charge in [-0.05, 0) is 35.9 Å². The van der Waals surface area contributed by atoms with Crippen LogP contribution in [0.25, 0.3) is 0 Å². The molecule has 0 heterocycles. The van der Waals surface area contributed by atoms with Crippen LogP contribution in [0.5, 0.6) is 17.2 Å². The summed E-state index contributed by atoms with van der Waals surface area (Å²) in [6, 6.07) is 11.9. The van der Waals surface area contributed by atoms with Gasteiger partial charge in [0.15, 0.2) is 11.5 Å². The van der Waals surface area contributed by atoms with Crippen molar-refractivity contribution in [3.05, 3.63) is 53.6 Å². The third kappa shape index (κ3) is 6.69. The van der Waals surface area contributed by atoms with E-state index in [2.05, 4.69) is 16.0 Å². The average Bonchev–Trinajstić information content (AvgIpc) is 2.79. The van der Waals surface area contributed by atoms with E-state index >= 15 is 0 Å². The third-order valence-corrected chi connectivity index (χ3v) is 4.15. The van der Waals surface area contributed by atoms with Gasteiger partial charge in [0, 0.05) is 12.1 Å². The van der Waals surface area contributed by atoms with E-state index in [0.29, 0.717) is 23.6 Å². The second kappa shape index (κ2) is 11.3. The first-order valence-corrected chi connectivity index (χ1v) is 9.13. The number of nitrogens with one attached hydrogen (secondary N) is 3. The summed E-state index contributed by atoms with van der Waals surface area (Å²) in [6.45, 7) is -0.130. The Hall–Kier alpha value is -3.75. The van der Waals surface area contributed by atoms with Gasteiger partial charge in [0.05, 0.1) is 34.4 Å². The second-order valence-corrected chi connectivity index (χ2v) is 6.15. The first-order valence-electron chi connectivity index (χ1n) is 9.13. The molecule has 0 radical (unpaired) electrons. The van der Waals surface area contributed by atoms with Crippen molar-refractivity contribution in [1.82, 2.24) is 16.0 Å². The average molecular weight is 415 g/mol. The highest BCUT2D eigenvalue weighted by Crippen LogP contribution is 2.27. The van der Waals surface area contributed by atoms with Crippen molar-refractivity contribution in [3.8, 4) is 17.2 Å². The summed E-state index contributed by atoms with van der Waals surface area (Å²) in [6.07, 6.45) is 0. The van der Waals surface area contributed by atoms with Crippen molar-refractivity contribution in [2.24, 2.45) is 0 Å². The van der Waals surface area contributed by atoms with Crippen LogP contribution in [-0.4, -0.2) is 52.1 Å². The first kappa shape index (κ1) is 22.5. The molecule has 3 amide bonds. The van der Waals surface area contributed by atoms with E-state index in [1.807, 2.05) is 12.1 Å². The van der Waals surface area contributed by atoms with Gasteiger partial charge in [-0.1, -0.05) is 12.1 Å². The largest absolute Gasteiger partial charge is 0.497 e. The fraction of sp³-hybridized carbons (Fsp3) is 0.286. The van der Waals surface area contributed by atoms with Crippen LogP contribution in [-0.2, 0) is 16.1 Å². The molecule has 0 fully saturated rings. The summed E-state index contributed by atoms with van der Waals surface area (Å²) in [5.41, 5.74) is 1.22. The molecule has 0 aliphatic carbocycles. The zero-order valence-electron chi connectivity index (χ0n) is 17.1. The van der Waals surface area contributed by atoms with Crippen LogP contribution in [0.2, 0.25) is 0 Å². The molecule has 0 atom stereocenters. The molecule has 9 nitrogen and oxygen atoms in total. The van der Waals surface area contributed by atoms with E-state index in [1.54, 1.807) is 31.4 Å². The lowest BCUT2D eigenvalue weighted by atomic mass is 10.2. The molecule has 2 aromatic carbocycles. The number of benzene rings is 2. The van der Waals surface area contributed by atoms with Crippen LogP contribution in [0, 0.1) is 0 Å². The number of carbonyl (C=O) groups excluding carboxylic acids is 3. The number of hydrogen-bond acceptors (Lipinski definition) is 6. The van der Waals surface area contributed by atoms with Crippen molar-refractivity contribution < 1.29 is 28.6 Å². The number of ether oxygens (including phenoxy) is 3. The minimum absolute atomic E-state index is 0.193. The van der Waals surface area contributed by atoms with Gasteiger partial charge in [0.1, 0.15) is 5.75 Å². The van der Waals surface area contributed by atoms with Gasteiger partial charge < -0.3 is 30.2 Å². The molecule has 160 valence electrons. The maximum atomic E-state index is 12.2. The molecule has 0 aliphatic rings. The van der Waals surface area contributed by atoms with Crippen molar-refractivity contribution in [2.45, 2.75) is 6.54 Å². The highest BCUT2D eigenvalue weighted by atomic mass is 16.5. The van der Waals surface area contributed by atoms with Crippen LogP contribution in [0.4, 0.5) is 0 Å². The molecule has 0 aromatic heterocycles. The molecule has 0 aliphatic heterocycles. The van der Waals surface area contributed by atoms with E-state index in [-0.39, 0.29) is 19.0 Å². The van der Waals surface area contributed by atoms with Crippen LogP contribution in [0.15, 0.2) is 42.5 Å². The first-order chi connectivity index (χ1) is 14.5. The smallest absolute Gasteiger partial charge is 0.251 e. The Labute approximate surface area is 174 Å². The predicted octanol–water partition coefficient (Wildman–Crippen LogP) is 0.875. The van der Waals surface area contributed by atoms with Gasteiger partial charge in [-0.15, -0.1) is 0 Å². The van der Waals surface area contributed by atoms with Crippen LogP contribution >= 0.6 is 0 Å². The van der Waals surface area contributed by atoms with E-state index in [1.165, 1.54) is 20.3 Å². The van der Waals surface area contributed by atoms with Gasteiger partial charge >= 0.3 is 0 Å². The molecule has 0 saturated heterocycles. The summed E-state index contributed by atoms with van der Waals surface area (Å²) in [5.74, 6) is 0.354. The minimum atomic E-state index is -0.483. The molecule has 2 aromatic rings. The standard InChI is InChI=1S/C21H25N3O6/c1-28-16-7-4-14(5-8-16)11-22-19(25)12-23-20(26)13-24-21(27)15-6-9-17(29-2)18(10-15)30-3/h4-10H,11-13H2,1-3H3,(H,22,25)(H,23,26)(H,24,27). The SMILES string of the molecule is COc1ccc(CNC(=O)CNC(=O)CNC(=O)c2ccc(OC)c(OC)c2)cc1. The minimum Gasteiger partial charge on any atom is -0.497 e. The molecule has 0 bridgehead atoms. The van der Waals surface area contributed by atoms with E-state index in [4.69, 9.17) is 14.2 Å². The zero-order chi connectivity index (χ0) is 21.9. The number of hydrogen-bond donors (Lipinski definition) is 3. The maximum absolute atomic E-state index is 12.2. The molecular formula is C21H25N3O6. The molecule has 0 spiro atoms. The monoisotopic (exact) mass is 415 g/mol. The number of amides is 3. The number of carbonyl (C=O) groups is 3. The molecule has 0 saturated carbocycles. The fourth-order valence-corrected chi connectivity index (χ4v) is 2.49. The van der Waals surface area contributed by atoms with Crippen molar-refractivity contribution in [1.29, 1.82) is 0 Å². The number of methoxy groups -OCH3 is 3. The normalized spacial score (nSPS) is 9.97. The highest BCUT2D eigenvalue weighted by molar-refractivity contribution is 5.97. The lowest BCUT2D eigenvalue weighted by Gasteiger charge is -2.10.